The molecule has 8 heteroatoms. The Morgan fingerprint density at radius 3 is 2.84 bits per heavy atom. The summed E-state index contributed by atoms with van der Waals surface area (Å²) in [6, 6.07) is -0.258. The fraction of sp³-hybridized carbons (Fsp3) is 0.588. The summed E-state index contributed by atoms with van der Waals surface area (Å²) in [4.78, 5) is 27.0. The average molecular weight is 345 g/mol. The fourth-order valence-corrected chi connectivity index (χ4v) is 2.80. The van der Waals surface area contributed by atoms with Crippen molar-refractivity contribution in [1.29, 1.82) is 0 Å². The second-order valence-electron chi connectivity index (χ2n) is 7.09. The van der Waals surface area contributed by atoms with Crippen molar-refractivity contribution in [2.75, 3.05) is 6.54 Å². The van der Waals surface area contributed by atoms with Gasteiger partial charge in [-0.1, -0.05) is 18.0 Å². The van der Waals surface area contributed by atoms with Crippen molar-refractivity contribution < 1.29 is 14.1 Å². The molecule has 0 spiro atoms. The first kappa shape index (κ1) is 17.3. The lowest BCUT2D eigenvalue weighted by Gasteiger charge is -2.30. The van der Waals surface area contributed by atoms with Gasteiger partial charge in [-0.2, -0.15) is 4.98 Å². The van der Waals surface area contributed by atoms with Gasteiger partial charge in [0.1, 0.15) is 11.3 Å². The van der Waals surface area contributed by atoms with Gasteiger partial charge in [-0.05, 0) is 33.6 Å². The molecule has 8 nitrogen and oxygen atoms in total. The van der Waals surface area contributed by atoms with Crippen LogP contribution in [-0.2, 0) is 4.74 Å². The maximum absolute atomic E-state index is 12.6. The van der Waals surface area contributed by atoms with Gasteiger partial charge in [-0.3, -0.25) is 9.88 Å². The predicted octanol–water partition coefficient (Wildman–Crippen LogP) is 3.38. The lowest BCUT2D eigenvalue weighted by molar-refractivity contribution is 0.0153. The summed E-state index contributed by atoms with van der Waals surface area (Å²) in [6.07, 6.45) is 8.14. The molecule has 0 saturated carbocycles. The molecule has 0 N–H and O–H groups in total. The van der Waals surface area contributed by atoms with Crippen molar-refractivity contribution in [2.24, 2.45) is 0 Å². The number of carbonyl (C=O) groups is 1. The molecule has 1 aliphatic rings. The highest BCUT2D eigenvalue weighted by atomic mass is 16.6. The van der Waals surface area contributed by atoms with Crippen LogP contribution in [0.5, 0.6) is 0 Å². The lowest BCUT2D eigenvalue weighted by Crippen LogP contribution is -2.39. The van der Waals surface area contributed by atoms with Crippen LogP contribution in [-0.4, -0.2) is 43.2 Å². The van der Waals surface area contributed by atoms with E-state index >= 15 is 0 Å². The quantitative estimate of drug-likeness (QED) is 0.823. The minimum atomic E-state index is -0.546. The number of rotatable bonds is 2. The summed E-state index contributed by atoms with van der Waals surface area (Å²) in [7, 11) is 0. The molecule has 0 unspecified atom stereocenters. The Bertz CT molecular complexity index is 711. The molecule has 1 atom stereocenters. The largest absolute Gasteiger partial charge is 0.444 e. The van der Waals surface area contributed by atoms with Crippen LogP contribution < -0.4 is 0 Å². The molecule has 0 bridgehead atoms. The van der Waals surface area contributed by atoms with Crippen molar-refractivity contribution in [3.8, 4) is 11.6 Å². The molecule has 3 rings (SSSR count). The van der Waals surface area contributed by atoms with E-state index in [1.165, 1.54) is 0 Å². The molecule has 2 aromatic rings. The van der Waals surface area contributed by atoms with Crippen molar-refractivity contribution in [1.82, 2.24) is 25.0 Å². The maximum atomic E-state index is 12.6. The predicted molar refractivity (Wildman–Crippen MR) is 89.5 cm³/mol. The van der Waals surface area contributed by atoms with Crippen molar-refractivity contribution in [3.63, 3.8) is 0 Å². The van der Waals surface area contributed by atoms with E-state index in [9.17, 15) is 4.79 Å². The Kier molecular flexibility index (Phi) is 4.96. The van der Waals surface area contributed by atoms with Gasteiger partial charge < -0.3 is 9.26 Å². The molecule has 2 aromatic heterocycles. The van der Waals surface area contributed by atoms with Gasteiger partial charge in [0.05, 0.1) is 12.2 Å². The van der Waals surface area contributed by atoms with Crippen molar-refractivity contribution >= 4 is 6.09 Å². The molecule has 3 heterocycles. The molecular weight excluding hydrogens is 322 g/mol. The second-order valence-corrected chi connectivity index (χ2v) is 7.09. The van der Waals surface area contributed by atoms with Crippen LogP contribution in [0, 0.1) is 0 Å². The number of nitrogens with zero attached hydrogens (tertiary/aromatic N) is 5. The number of hydrogen-bond donors (Lipinski definition) is 0. The van der Waals surface area contributed by atoms with E-state index in [0.29, 0.717) is 24.0 Å². The number of amides is 1. The zero-order valence-electron chi connectivity index (χ0n) is 14.8. The Morgan fingerprint density at radius 2 is 2.12 bits per heavy atom. The van der Waals surface area contributed by atoms with E-state index in [2.05, 4.69) is 20.1 Å². The number of carbonyl (C=O) groups excluding carboxylic acids is 1. The third-order valence-corrected chi connectivity index (χ3v) is 3.90. The average Bonchev–Trinajstić information content (AvgIpc) is 2.92. The molecule has 0 aromatic carbocycles. The van der Waals surface area contributed by atoms with E-state index in [4.69, 9.17) is 9.26 Å². The first-order valence-corrected chi connectivity index (χ1v) is 8.54. The highest BCUT2D eigenvalue weighted by Crippen LogP contribution is 2.30. The van der Waals surface area contributed by atoms with Gasteiger partial charge in [-0.25, -0.2) is 9.78 Å². The zero-order chi connectivity index (χ0) is 17.9. The van der Waals surface area contributed by atoms with Crippen LogP contribution in [0.4, 0.5) is 4.79 Å². The monoisotopic (exact) mass is 345 g/mol. The van der Waals surface area contributed by atoms with E-state index < -0.39 is 5.60 Å². The Labute approximate surface area is 146 Å². The molecule has 1 aliphatic heterocycles. The minimum absolute atomic E-state index is 0.258. The standard InChI is InChI=1S/C17H23N5O3/c1-17(2,3)24-16(23)22-10-6-4-5-7-13(22)14-20-15(25-21-14)12-11-18-8-9-19-12/h8-9,11,13H,4-7,10H2,1-3H3/t13-/m0/s1. The van der Waals surface area contributed by atoms with E-state index in [-0.39, 0.29) is 12.1 Å². The van der Waals surface area contributed by atoms with Gasteiger partial charge in [0, 0.05) is 18.9 Å². The Morgan fingerprint density at radius 1 is 1.28 bits per heavy atom. The summed E-state index contributed by atoms with van der Waals surface area (Å²) in [5.74, 6) is 0.782. The normalized spacial score (nSPS) is 18.7. The first-order chi connectivity index (χ1) is 11.9. The maximum Gasteiger partial charge on any atom is 0.410 e. The van der Waals surface area contributed by atoms with Crippen LogP contribution in [0.2, 0.25) is 0 Å². The molecule has 134 valence electrons. The SMILES string of the molecule is CC(C)(C)OC(=O)N1CCCCC[C@H]1c1noc(-c2cnccn2)n1. The van der Waals surface area contributed by atoms with Gasteiger partial charge in [0.2, 0.25) is 0 Å². The van der Waals surface area contributed by atoms with E-state index in [0.717, 1.165) is 25.7 Å². The van der Waals surface area contributed by atoms with Crippen LogP contribution in [0.15, 0.2) is 23.1 Å². The number of ether oxygens (including phenoxy) is 1. The molecule has 1 fully saturated rings. The first-order valence-electron chi connectivity index (χ1n) is 8.54. The third kappa shape index (κ3) is 4.32. The number of hydrogen-bond acceptors (Lipinski definition) is 7. The minimum Gasteiger partial charge on any atom is -0.444 e. The fourth-order valence-electron chi connectivity index (χ4n) is 2.80. The summed E-state index contributed by atoms with van der Waals surface area (Å²) in [5, 5.41) is 4.08. The topological polar surface area (TPSA) is 94.2 Å². The summed E-state index contributed by atoms with van der Waals surface area (Å²) in [6.45, 7) is 6.20. The van der Waals surface area contributed by atoms with Crippen molar-refractivity contribution in [2.45, 2.75) is 58.1 Å². The Balaban J connectivity index is 1.84. The van der Waals surface area contributed by atoms with Crippen LogP contribution >= 0.6 is 0 Å². The van der Waals surface area contributed by atoms with Crippen LogP contribution in [0.3, 0.4) is 0 Å². The number of likely N-dealkylation sites (tertiary alicyclic amines) is 1. The van der Waals surface area contributed by atoms with Gasteiger partial charge >= 0.3 is 6.09 Å². The van der Waals surface area contributed by atoms with E-state index in [1.54, 1.807) is 23.5 Å². The number of aromatic nitrogens is 4. The highest BCUT2D eigenvalue weighted by molar-refractivity contribution is 5.68. The summed E-state index contributed by atoms with van der Waals surface area (Å²) in [5.41, 5.74) is -0.0330. The molecule has 0 radical (unpaired) electrons. The Hall–Kier alpha value is -2.51. The third-order valence-electron chi connectivity index (χ3n) is 3.90. The van der Waals surface area contributed by atoms with Gasteiger partial charge in [0.25, 0.3) is 5.89 Å². The second kappa shape index (κ2) is 7.16. The van der Waals surface area contributed by atoms with E-state index in [1.807, 2.05) is 20.8 Å². The zero-order valence-corrected chi connectivity index (χ0v) is 14.8. The highest BCUT2D eigenvalue weighted by Gasteiger charge is 2.33. The summed E-state index contributed by atoms with van der Waals surface area (Å²) < 4.78 is 10.9. The smallest absolute Gasteiger partial charge is 0.410 e. The van der Waals surface area contributed by atoms with Crippen LogP contribution in [0.25, 0.3) is 11.6 Å². The molecule has 1 amide bonds. The molecule has 0 aliphatic carbocycles. The summed E-state index contributed by atoms with van der Waals surface area (Å²) >= 11 is 0. The van der Waals surface area contributed by atoms with Gasteiger partial charge in [-0.15, -0.1) is 0 Å². The molecule has 1 saturated heterocycles. The van der Waals surface area contributed by atoms with Gasteiger partial charge in [0.15, 0.2) is 5.82 Å². The molecule has 25 heavy (non-hydrogen) atoms. The van der Waals surface area contributed by atoms with Crippen LogP contribution in [0.1, 0.15) is 58.3 Å². The molecular formula is C17H23N5O3. The van der Waals surface area contributed by atoms with Crippen molar-refractivity contribution in [3.05, 3.63) is 24.4 Å². The lowest BCUT2D eigenvalue weighted by atomic mass is 10.1.